The van der Waals surface area contributed by atoms with Gasteiger partial charge in [0, 0.05) is 23.6 Å². The summed E-state index contributed by atoms with van der Waals surface area (Å²) in [5, 5.41) is 15.4. The van der Waals surface area contributed by atoms with E-state index in [1.807, 2.05) is 0 Å². The van der Waals surface area contributed by atoms with Gasteiger partial charge in [0.2, 0.25) is 0 Å². The molecule has 1 aromatic carbocycles. The fourth-order valence-electron chi connectivity index (χ4n) is 2.08. The Hall–Kier alpha value is -1.84. The van der Waals surface area contributed by atoms with Crippen molar-refractivity contribution in [3.05, 3.63) is 43.4 Å². The predicted molar refractivity (Wildman–Crippen MR) is 112 cm³/mol. The van der Waals surface area contributed by atoms with Crippen molar-refractivity contribution in [1.82, 2.24) is 0 Å². The summed E-state index contributed by atoms with van der Waals surface area (Å²) in [6, 6.07) is 2.54. The summed E-state index contributed by atoms with van der Waals surface area (Å²) < 4.78 is 0. The normalized spacial score (nSPS) is 10.7. The van der Waals surface area contributed by atoms with Crippen LogP contribution in [0.5, 0.6) is 0 Å². The first-order chi connectivity index (χ1) is 12.7. The molecule has 0 aromatic heterocycles. The zero-order valence-corrected chi connectivity index (χ0v) is 19.8. The summed E-state index contributed by atoms with van der Waals surface area (Å²) in [5.41, 5.74) is -2.89. The molecule has 12 heteroatoms. The average Bonchev–Trinajstić information content (AvgIpc) is 2.49. The molecular formula is C18H22Cl2FeN4O5. The van der Waals surface area contributed by atoms with Crippen LogP contribution in [0.4, 0.5) is 11.4 Å². The summed E-state index contributed by atoms with van der Waals surface area (Å²) in [6.45, 7) is 8.13. The quantitative estimate of drug-likeness (QED) is 0.521. The van der Waals surface area contributed by atoms with Gasteiger partial charge in [-0.1, -0.05) is 74.1 Å². The van der Waals surface area contributed by atoms with E-state index in [4.69, 9.17) is 23.2 Å². The Bertz CT molecular complexity index is 764. The van der Waals surface area contributed by atoms with Crippen molar-refractivity contribution in [1.29, 1.82) is 0 Å². The number of hydrogen-bond donors (Lipinski definition) is 0. The Balaban J connectivity index is 0. The smallest absolute Gasteiger partial charge is 0.644 e. The van der Waals surface area contributed by atoms with Crippen LogP contribution in [-0.4, -0.2) is 40.2 Å². The van der Waals surface area contributed by atoms with Crippen LogP contribution in [0.25, 0.3) is 21.3 Å². The van der Waals surface area contributed by atoms with Crippen molar-refractivity contribution < 1.29 is 41.7 Å². The van der Waals surface area contributed by atoms with E-state index in [0.29, 0.717) is 0 Å². The molecule has 1 aromatic rings. The molecule has 30 heavy (non-hydrogen) atoms. The van der Waals surface area contributed by atoms with E-state index in [1.54, 1.807) is 0 Å². The van der Waals surface area contributed by atoms with Gasteiger partial charge in [0.25, 0.3) is 0 Å². The maximum absolute atomic E-state index is 12.5. The van der Waals surface area contributed by atoms with Crippen LogP contribution in [0, 0.1) is 0 Å². The molecule has 0 aliphatic heterocycles. The van der Waals surface area contributed by atoms with Crippen LogP contribution in [0.3, 0.4) is 0 Å². The van der Waals surface area contributed by atoms with Crippen LogP contribution in [0.15, 0.2) is 12.1 Å². The number of amides is 4. The van der Waals surface area contributed by atoms with E-state index in [-0.39, 0.29) is 44.0 Å². The summed E-state index contributed by atoms with van der Waals surface area (Å²) in [7, 11) is 0. The largest absolute Gasteiger partial charge is 4.00 e. The van der Waals surface area contributed by atoms with Gasteiger partial charge in [0.1, 0.15) is 0 Å². The minimum Gasteiger partial charge on any atom is -0.644 e. The topological polar surface area (TPSA) is 156 Å². The van der Waals surface area contributed by atoms with E-state index in [1.165, 1.54) is 53.7 Å². The van der Waals surface area contributed by atoms with Gasteiger partial charge in [-0.15, -0.1) is 11.4 Å². The average molecular weight is 501 g/mol. The van der Waals surface area contributed by atoms with Gasteiger partial charge in [-0.3, -0.25) is 0 Å². The molecule has 0 fully saturated rings. The molecule has 0 saturated heterocycles. The predicted octanol–water partition coefficient (Wildman–Crippen LogP) is 4.63. The molecule has 0 saturated carbocycles. The zero-order chi connectivity index (χ0) is 21.9. The zero-order valence-electron chi connectivity index (χ0n) is 17.2. The molecule has 9 nitrogen and oxygen atoms in total. The maximum Gasteiger partial charge on any atom is 4.00 e. The third-order valence-corrected chi connectivity index (χ3v) is 4.10. The van der Waals surface area contributed by atoms with Crippen LogP contribution in [0.1, 0.15) is 41.5 Å². The van der Waals surface area contributed by atoms with E-state index in [9.17, 15) is 19.2 Å². The Morgan fingerprint density at radius 3 is 1.23 bits per heavy atom. The molecule has 0 aliphatic carbocycles. The molecule has 0 unspecified atom stereocenters. The molecule has 0 aliphatic rings. The summed E-state index contributed by atoms with van der Waals surface area (Å²) >= 11 is 12.0. The van der Waals surface area contributed by atoms with Crippen molar-refractivity contribution in [3.63, 3.8) is 0 Å². The molecule has 2 N–H and O–H groups in total. The first-order valence-corrected chi connectivity index (χ1v) is 8.89. The third kappa shape index (κ3) is 8.49. The van der Waals surface area contributed by atoms with Crippen LogP contribution >= 0.6 is 23.2 Å². The van der Waals surface area contributed by atoms with Gasteiger partial charge < -0.3 is 45.9 Å². The molecule has 0 radical (unpaired) electrons. The van der Waals surface area contributed by atoms with Crippen molar-refractivity contribution in [2.45, 2.75) is 52.6 Å². The fourth-order valence-corrected chi connectivity index (χ4v) is 2.40. The Kier molecular flexibility index (Phi) is 11.7. The Morgan fingerprint density at radius 2 is 1.00 bits per heavy atom. The molecule has 0 heterocycles. The van der Waals surface area contributed by atoms with E-state index >= 15 is 0 Å². The Labute approximate surface area is 195 Å². The minimum atomic E-state index is -1.41. The van der Waals surface area contributed by atoms with Gasteiger partial charge in [-0.2, -0.15) is 0 Å². The molecule has 0 bridgehead atoms. The monoisotopic (exact) mass is 500 g/mol. The Morgan fingerprint density at radius 1 is 0.733 bits per heavy atom. The maximum atomic E-state index is 12.5. The van der Waals surface area contributed by atoms with E-state index in [0.717, 1.165) is 0 Å². The molecule has 166 valence electrons. The standard InChI is InChI=1S/C18H24Cl2N4O4.Fe.H2O/c1-9(25)23-17(3,4)15(27)21-13-7-11(19)12(20)8-14(13)22-16(28)18(5,6)24-10(2)26;;/h7-8H,1-6H3,(H4,21,22,23,24,25,26,27,28);;1H2/q;+4;/p-4. The van der Waals surface area contributed by atoms with Gasteiger partial charge in [0.05, 0.1) is 10.0 Å². The molecule has 1 rings (SSSR count). The van der Waals surface area contributed by atoms with Crippen LogP contribution in [0.2, 0.25) is 10.0 Å². The number of carbonyl (C=O) groups is 4. The fraction of sp³-hybridized carbons (Fsp3) is 0.444. The van der Waals surface area contributed by atoms with E-state index in [2.05, 4.69) is 21.3 Å². The molecule has 4 amide bonds. The summed E-state index contributed by atoms with van der Waals surface area (Å²) in [4.78, 5) is 47.4. The second-order valence-corrected chi connectivity index (χ2v) is 7.78. The van der Waals surface area contributed by atoms with Crippen LogP contribution < -0.4 is 0 Å². The van der Waals surface area contributed by atoms with Crippen molar-refractivity contribution >= 4 is 58.2 Å². The first-order valence-electron chi connectivity index (χ1n) is 8.14. The second kappa shape index (κ2) is 11.5. The number of benzene rings is 1. The van der Waals surface area contributed by atoms with Gasteiger partial charge in [-0.25, -0.2) is 0 Å². The van der Waals surface area contributed by atoms with Crippen molar-refractivity contribution in [2.75, 3.05) is 0 Å². The van der Waals surface area contributed by atoms with E-state index < -0.39 is 34.7 Å². The number of halogens is 2. The number of nitrogens with zero attached hydrogens (tertiary/aromatic N) is 4. The third-order valence-electron chi connectivity index (χ3n) is 3.38. The van der Waals surface area contributed by atoms with Gasteiger partial charge in [-0.05, 0) is 13.8 Å². The van der Waals surface area contributed by atoms with Crippen LogP contribution in [-0.2, 0) is 36.2 Å². The number of hydrogen-bond acceptors (Lipinski definition) is 4. The van der Waals surface area contributed by atoms with Gasteiger partial charge in [0.15, 0.2) is 0 Å². The number of carbonyl (C=O) groups excluding carboxylic acids is 4. The van der Waals surface area contributed by atoms with Gasteiger partial charge >= 0.3 is 17.1 Å². The number of rotatable bonds is 6. The summed E-state index contributed by atoms with van der Waals surface area (Å²) in [5.74, 6) is -2.54. The summed E-state index contributed by atoms with van der Waals surface area (Å²) in [6.07, 6.45) is 0. The second-order valence-electron chi connectivity index (χ2n) is 6.97. The van der Waals surface area contributed by atoms with Crippen molar-refractivity contribution in [2.24, 2.45) is 0 Å². The molecule has 0 spiro atoms. The van der Waals surface area contributed by atoms with Crippen molar-refractivity contribution in [3.8, 4) is 0 Å². The first kappa shape index (κ1) is 30.4. The SMILES string of the molecule is CC(=O)[N-]C(C)(C)C(=O)[N-]c1cc(Cl)c(Cl)cc1[N-]C(=O)C(C)(C)[N-]C(C)=O.O.[Fe+4]. The minimum absolute atomic E-state index is 0. The molecular weight excluding hydrogens is 479 g/mol. The molecule has 0 atom stereocenters.